The summed E-state index contributed by atoms with van der Waals surface area (Å²) in [5, 5.41) is 1.99. The summed E-state index contributed by atoms with van der Waals surface area (Å²) >= 11 is 1.54. The SMILES string of the molecule is C=C(C)S/C=C(\C)CN(C(=O)C(C)(C)C)c1ccc(F)cc1.CC.Cc1ccc(F)cc1. The van der Waals surface area contributed by atoms with E-state index in [1.54, 1.807) is 40.9 Å². The van der Waals surface area contributed by atoms with Crippen LogP contribution in [0.15, 0.2) is 71.0 Å². The first kappa shape index (κ1) is 29.6. The van der Waals surface area contributed by atoms with E-state index in [4.69, 9.17) is 0 Å². The maximum absolute atomic E-state index is 13.1. The average Bonchev–Trinajstić information content (AvgIpc) is 2.74. The molecular weight excluding hydrogens is 424 g/mol. The van der Waals surface area contributed by atoms with Crippen LogP contribution in [0.1, 0.15) is 54.0 Å². The summed E-state index contributed by atoms with van der Waals surface area (Å²) in [5.74, 6) is -0.472. The first-order valence-electron chi connectivity index (χ1n) is 10.7. The molecule has 0 N–H and O–H groups in total. The second kappa shape index (κ2) is 14.6. The number of carbonyl (C=O) groups excluding carboxylic acids is 1. The number of halogens is 2. The Labute approximate surface area is 197 Å². The fraction of sp³-hybridized carbons (Fsp3) is 0.370. The standard InChI is InChI=1S/C18H24FNOS.C7H7F.C2H6/c1-13(2)22-12-14(3)11-20(17(21)18(4,5)6)16-9-7-15(19)8-10-16;1-6-2-4-7(8)5-3-6;1-2/h7-10,12H,1,11H2,2-6H3;2-5H,1H3;1-2H3/b14-12+;;. The topological polar surface area (TPSA) is 20.3 Å². The van der Waals surface area contributed by atoms with E-state index in [-0.39, 0.29) is 17.5 Å². The van der Waals surface area contributed by atoms with E-state index in [9.17, 15) is 13.6 Å². The minimum Gasteiger partial charge on any atom is -0.308 e. The lowest BCUT2D eigenvalue weighted by Gasteiger charge is -2.30. The third-order valence-corrected chi connectivity index (χ3v) is 4.83. The molecule has 2 nitrogen and oxygen atoms in total. The van der Waals surface area contributed by atoms with Crippen LogP contribution in [-0.2, 0) is 4.79 Å². The van der Waals surface area contributed by atoms with Gasteiger partial charge in [-0.3, -0.25) is 4.79 Å². The van der Waals surface area contributed by atoms with Crippen molar-refractivity contribution in [3.8, 4) is 0 Å². The van der Waals surface area contributed by atoms with Crippen molar-refractivity contribution in [1.29, 1.82) is 0 Å². The molecule has 176 valence electrons. The number of allylic oxidation sites excluding steroid dienone is 1. The Kier molecular flexibility index (Phi) is 13.5. The van der Waals surface area contributed by atoms with Crippen LogP contribution >= 0.6 is 11.8 Å². The molecule has 5 heteroatoms. The summed E-state index contributed by atoms with van der Waals surface area (Å²) in [6.07, 6.45) is 0. The highest BCUT2D eigenvalue weighted by molar-refractivity contribution is 8.05. The lowest BCUT2D eigenvalue weighted by Crippen LogP contribution is -2.40. The molecule has 1 amide bonds. The molecule has 0 saturated carbocycles. The summed E-state index contributed by atoms with van der Waals surface area (Å²) in [7, 11) is 0. The predicted octanol–water partition coefficient (Wildman–Crippen LogP) is 8.54. The van der Waals surface area contributed by atoms with Gasteiger partial charge >= 0.3 is 0 Å². The van der Waals surface area contributed by atoms with Crippen molar-refractivity contribution in [1.82, 2.24) is 0 Å². The monoisotopic (exact) mass is 461 g/mol. The third kappa shape index (κ3) is 11.8. The van der Waals surface area contributed by atoms with Gasteiger partial charge in [-0.2, -0.15) is 0 Å². The number of hydrogen-bond donors (Lipinski definition) is 0. The zero-order valence-electron chi connectivity index (χ0n) is 20.6. The Morgan fingerprint density at radius 2 is 1.41 bits per heavy atom. The van der Waals surface area contributed by atoms with Crippen LogP contribution in [0.5, 0.6) is 0 Å². The van der Waals surface area contributed by atoms with Crippen LogP contribution in [0, 0.1) is 24.0 Å². The molecule has 0 bridgehead atoms. The van der Waals surface area contributed by atoms with Gasteiger partial charge in [0.05, 0.1) is 0 Å². The predicted molar refractivity (Wildman–Crippen MR) is 137 cm³/mol. The molecule has 0 heterocycles. The van der Waals surface area contributed by atoms with E-state index in [1.165, 1.54) is 24.3 Å². The van der Waals surface area contributed by atoms with Crippen LogP contribution in [0.4, 0.5) is 14.5 Å². The molecule has 2 aromatic carbocycles. The highest BCUT2D eigenvalue weighted by Gasteiger charge is 2.28. The van der Waals surface area contributed by atoms with Gasteiger partial charge in [-0.15, -0.1) is 11.8 Å². The average molecular weight is 462 g/mol. The van der Waals surface area contributed by atoms with Crippen LogP contribution in [0.3, 0.4) is 0 Å². The lowest BCUT2D eigenvalue weighted by atomic mass is 9.94. The van der Waals surface area contributed by atoms with Crippen LogP contribution in [0.2, 0.25) is 0 Å². The van der Waals surface area contributed by atoms with Crippen molar-refractivity contribution < 1.29 is 13.6 Å². The van der Waals surface area contributed by atoms with Gasteiger partial charge in [0, 0.05) is 17.6 Å². The van der Waals surface area contributed by atoms with E-state index in [0.29, 0.717) is 12.2 Å². The first-order valence-corrected chi connectivity index (χ1v) is 11.6. The zero-order chi connectivity index (χ0) is 24.9. The van der Waals surface area contributed by atoms with Gasteiger partial charge in [0.1, 0.15) is 11.6 Å². The number of thioether (sulfide) groups is 1. The number of anilines is 1. The minimum absolute atomic E-state index is 0.00665. The molecule has 0 aliphatic carbocycles. The normalized spacial score (nSPS) is 10.9. The Balaban J connectivity index is 0.000000796. The quantitative estimate of drug-likeness (QED) is 0.444. The van der Waals surface area contributed by atoms with Crippen molar-refractivity contribution in [3.05, 3.63) is 88.2 Å². The largest absolute Gasteiger partial charge is 0.308 e. The second-order valence-electron chi connectivity index (χ2n) is 8.20. The van der Waals surface area contributed by atoms with E-state index in [1.807, 2.05) is 60.8 Å². The van der Waals surface area contributed by atoms with Gasteiger partial charge in [-0.1, -0.05) is 58.9 Å². The molecule has 0 aliphatic heterocycles. The molecule has 2 rings (SSSR count). The second-order valence-corrected chi connectivity index (χ2v) is 9.37. The summed E-state index contributed by atoms with van der Waals surface area (Å²) < 4.78 is 25.2. The minimum atomic E-state index is -0.504. The molecule has 0 radical (unpaired) electrons. The Hall–Kier alpha value is -2.40. The molecule has 0 spiro atoms. The smallest absolute Gasteiger partial charge is 0.232 e. The number of hydrogen-bond acceptors (Lipinski definition) is 2. The van der Waals surface area contributed by atoms with E-state index in [2.05, 4.69) is 6.58 Å². The first-order chi connectivity index (χ1) is 14.9. The van der Waals surface area contributed by atoms with E-state index in [0.717, 1.165) is 16.0 Å². The third-order valence-electron chi connectivity index (χ3n) is 3.90. The molecule has 0 saturated heterocycles. The van der Waals surface area contributed by atoms with Gasteiger partial charge in [0.15, 0.2) is 0 Å². The Bertz CT molecular complexity index is 845. The molecule has 0 aromatic heterocycles. The Morgan fingerprint density at radius 3 is 1.78 bits per heavy atom. The maximum atomic E-state index is 13.1. The van der Waals surface area contributed by atoms with Crippen LogP contribution < -0.4 is 4.90 Å². The molecule has 0 unspecified atom stereocenters. The summed E-state index contributed by atoms with van der Waals surface area (Å²) in [6.45, 7) is 19.8. The van der Waals surface area contributed by atoms with Crippen LogP contribution in [-0.4, -0.2) is 12.5 Å². The summed E-state index contributed by atoms with van der Waals surface area (Å²) in [6, 6.07) is 12.4. The molecule has 0 aliphatic rings. The number of rotatable bonds is 5. The van der Waals surface area contributed by atoms with Crippen LogP contribution in [0.25, 0.3) is 0 Å². The number of carbonyl (C=O) groups is 1. The van der Waals surface area contributed by atoms with E-state index < -0.39 is 5.41 Å². The number of benzene rings is 2. The van der Waals surface area contributed by atoms with Gasteiger partial charge in [0.25, 0.3) is 0 Å². The molecule has 2 aromatic rings. The number of aryl methyl sites for hydroxylation is 1. The zero-order valence-corrected chi connectivity index (χ0v) is 21.4. The molecule has 32 heavy (non-hydrogen) atoms. The summed E-state index contributed by atoms with van der Waals surface area (Å²) in [4.78, 5) is 15.4. The molecular formula is C27H37F2NOS. The highest BCUT2D eigenvalue weighted by atomic mass is 32.2. The molecule has 0 fully saturated rings. The summed E-state index contributed by atoms with van der Waals surface area (Å²) in [5.41, 5.74) is 2.34. The van der Waals surface area contributed by atoms with Crippen molar-refractivity contribution in [2.24, 2.45) is 5.41 Å². The van der Waals surface area contributed by atoms with Gasteiger partial charge in [-0.25, -0.2) is 8.78 Å². The van der Waals surface area contributed by atoms with Crippen molar-refractivity contribution in [3.63, 3.8) is 0 Å². The van der Waals surface area contributed by atoms with Gasteiger partial charge in [0.2, 0.25) is 5.91 Å². The highest BCUT2D eigenvalue weighted by Crippen LogP contribution is 2.25. The van der Waals surface area contributed by atoms with Crippen molar-refractivity contribution in [2.75, 3.05) is 11.4 Å². The van der Waals surface area contributed by atoms with Gasteiger partial charge in [-0.05, 0) is 73.1 Å². The Morgan fingerprint density at radius 1 is 0.969 bits per heavy atom. The van der Waals surface area contributed by atoms with E-state index >= 15 is 0 Å². The fourth-order valence-electron chi connectivity index (χ4n) is 2.33. The van der Waals surface area contributed by atoms with Crippen molar-refractivity contribution in [2.45, 2.75) is 55.4 Å². The number of amides is 1. The van der Waals surface area contributed by atoms with Crippen molar-refractivity contribution >= 4 is 23.4 Å². The number of nitrogens with zero attached hydrogens (tertiary/aromatic N) is 1. The van der Waals surface area contributed by atoms with Gasteiger partial charge < -0.3 is 4.90 Å². The lowest BCUT2D eigenvalue weighted by molar-refractivity contribution is -0.125. The fourth-order valence-corrected chi connectivity index (χ4v) is 2.80. The maximum Gasteiger partial charge on any atom is 0.232 e. The molecule has 0 atom stereocenters.